The van der Waals surface area contributed by atoms with Gasteiger partial charge in [-0.05, 0) is 5.75 Å². The van der Waals surface area contributed by atoms with Crippen molar-refractivity contribution in [1.29, 1.82) is 0 Å². The molecule has 1 heterocycles. The Kier molecular flexibility index (Phi) is 3.07. The lowest BCUT2D eigenvalue weighted by molar-refractivity contribution is 0.0689. The number of hydrogen-bond donors (Lipinski definition) is 2. The molecule has 6 heteroatoms. The molecular formula is C7H8N2O3S. The molecule has 0 aliphatic heterocycles. The number of aromatic carboxylic acids is 1. The summed E-state index contributed by atoms with van der Waals surface area (Å²) < 4.78 is 0. The molecule has 0 saturated heterocycles. The summed E-state index contributed by atoms with van der Waals surface area (Å²) in [6, 6.07) is 0.960. The molecule has 0 fully saturated rings. The Labute approximate surface area is 78.2 Å². The molecule has 0 amide bonds. The molecule has 5 nitrogen and oxygen atoms in total. The number of carboxylic acid groups (broad SMARTS) is 1. The highest BCUT2D eigenvalue weighted by atomic mass is 32.2. The lowest BCUT2D eigenvalue weighted by atomic mass is 10.4. The highest BCUT2D eigenvalue weighted by molar-refractivity contribution is 7.99. The number of H-pyrrole nitrogens is 1. The van der Waals surface area contributed by atoms with Crippen molar-refractivity contribution in [3.05, 3.63) is 22.1 Å². The van der Waals surface area contributed by atoms with E-state index in [1.165, 1.54) is 11.8 Å². The number of rotatable bonds is 3. The predicted octanol–water partition coefficient (Wildman–Crippen LogP) is 0.580. The van der Waals surface area contributed by atoms with Crippen molar-refractivity contribution >= 4 is 17.7 Å². The van der Waals surface area contributed by atoms with Crippen LogP contribution in [0.5, 0.6) is 0 Å². The maximum Gasteiger partial charge on any atom is 0.354 e. The van der Waals surface area contributed by atoms with Crippen LogP contribution in [0.25, 0.3) is 0 Å². The zero-order valence-electron chi connectivity index (χ0n) is 6.90. The summed E-state index contributed by atoms with van der Waals surface area (Å²) in [4.78, 5) is 27.6. The number of carboxylic acids is 1. The van der Waals surface area contributed by atoms with Gasteiger partial charge in [0, 0.05) is 6.07 Å². The van der Waals surface area contributed by atoms with E-state index in [-0.39, 0.29) is 5.69 Å². The Morgan fingerprint density at radius 3 is 3.00 bits per heavy atom. The van der Waals surface area contributed by atoms with E-state index in [0.29, 0.717) is 5.16 Å². The Bertz CT molecular complexity index is 374. The molecule has 1 rings (SSSR count). The number of aromatic nitrogens is 2. The SMILES string of the molecule is CCSc1nc(C(=O)O)cc(=O)[nH]1. The minimum absolute atomic E-state index is 0.222. The van der Waals surface area contributed by atoms with Crippen LogP contribution in [0.15, 0.2) is 16.0 Å². The second-order valence-electron chi connectivity index (χ2n) is 2.17. The third kappa shape index (κ3) is 2.59. The summed E-state index contributed by atoms with van der Waals surface area (Å²) >= 11 is 1.29. The van der Waals surface area contributed by atoms with E-state index in [0.717, 1.165) is 11.8 Å². The average Bonchev–Trinajstić information content (AvgIpc) is 2.03. The number of thioether (sulfide) groups is 1. The van der Waals surface area contributed by atoms with Gasteiger partial charge in [-0.3, -0.25) is 4.79 Å². The summed E-state index contributed by atoms with van der Waals surface area (Å²) in [5.74, 6) is -0.463. The van der Waals surface area contributed by atoms with Gasteiger partial charge in [-0.15, -0.1) is 0 Å². The Morgan fingerprint density at radius 1 is 1.77 bits per heavy atom. The Balaban J connectivity index is 3.11. The van der Waals surface area contributed by atoms with Gasteiger partial charge in [0.15, 0.2) is 10.9 Å². The standard InChI is InChI=1S/C7H8N2O3S/c1-2-13-7-8-4(6(11)12)3-5(10)9-7/h3H,2H2,1H3,(H,11,12)(H,8,9,10). The molecule has 0 aliphatic rings. The third-order valence-electron chi connectivity index (χ3n) is 1.22. The highest BCUT2D eigenvalue weighted by Gasteiger charge is 2.07. The van der Waals surface area contributed by atoms with Crippen LogP contribution < -0.4 is 5.56 Å². The van der Waals surface area contributed by atoms with Gasteiger partial charge >= 0.3 is 5.97 Å². The normalized spacial score (nSPS) is 9.92. The fraction of sp³-hybridized carbons (Fsp3) is 0.286. The molecule has 1 aromatic heterocycles. The Hall–Kier alpha value is -1.30. The molecule has 0 aliphatic carbocycles. The van der Waals surface area contributed by atoms with E-state index < -0.39 is 11.5 Å². The predicted molar refractivity (Wildman–Crippen MR) is 48.2 cm³/mol. The van der Waals surface area contributed by atoms with Gasteiger partial charge in [0.05, 0.1) is 0 Å². The molecule has 0 unspecified atom stereocenters. The topological polar surface area (TPSA) is 83.0 Å². The number of nitrogens with one attached hydrogen (secondary N) is 1. The van der Waals surface area contributed by atoms with Gasteiger partial charge in [-0.25, -0.2) is 9.78 Å². The fourth-order valence-electron chi connectivity index (χ4n) is 0.750. The van der Waals surface area contributed by atoms with E-state index in [9.17, 15) is 9.59 Å². The van der Waals surface area contributed by atoms with Gasteiger partial charge in [0.2, 0.25) is 0 Å². The van der Waals surface area contributed by atoms with E-state index in [1.807, 2.05) is 6.92 Å². The smallest absolute Gasteiger partial charge is 0.354 e. The summed E-state index contributed by atoms with van der Waals surface area (Å²) in [6.07, 6.45) is 0. The fourth-order valence-corrected chi connectivity index (χ4v) is 1.36. The second kappa shape index (κ2) is 4.08. The van der Waals surface area contributed by atoms with Gasteiger partial charge in [-0.2, -0.15) is 0 Å². The molecule has 0 radical (unpaired) electrons. The van der Waals surface area contributed by atoms with Gasteiger partial charge in [0.1, 0.15) is 0 Å². The first-order valence-corrected chi connectivity index (χ1v) is 4.59. The van der Waals surface area contributed by atoms with Crippen LogP contribution in [0.2, 0.25) is 0 Å². The Morgan fingerprint density at radius 2 is 2.46 bits per heavy atom. The minimum Gasteiger partial charge on any atom is -0.477 e. The van der Waals surface area contributed by atoms with E-state index in [4.69, 9.17) is 5.11 Å². The maximum absolute atomic E-state index is 10.9. The van der Waals surface area contributed by atoms with Gasteiger partial charge < -0.3 is 10.1 Å². The number of hydrogen-bond acceptors (Lipinski definition) is 4. The first-order valence-electron chi connectivity index (χ1n) is 3.61. The average molecular weight is 200 g/mol. The lowest BCUT2D eigenvalue weighted by Gasteiger charge is -1.97. The monoisotopic (exact) mass is 200 g/mol. The zero-order chi connectivity index (χ0) is 9.84. The van der Waals surface area contributed by atoms with Crippen LogP contribution >= 0.6 is 11.8 Å². The highest BCUT2D eigenvalue weighted by Crippen LogP contribution is 2.09. The van der Waals surface area contributed by atoms with Crippen molar-refractivity contribution in [3.63, 3.8) is 0 Å². The molecule has 0 saturated carbocycles. The minimum atomic E-state index is -1.19. The van der Waals surface area contributed by atoms with Crippen molar-refractivity contribution in [1.82, 2.24) is 9.97 Å². The van der Waals surface area contributed by atoms with Crippen LogP contribution in [-0.4, -0.2) is 26.8 Å². The van der Waals surface area contributed by atoms with Crippen LogP contribution in [0.4, 0.5) is 0 Å². The van der Waals surface area contributed by atoms with Gasteiger partial charge in [0.25, 0.3) is 5.56 Å². The summed E-state index contributed by atoms with van der Waals surface area (Å²) in [7, 11) is 0. The molecule has 70 valence electrons. The molecule has 2 N–H and O–H groups in total. The molecule has 0 spiro atoms. The molecule has 1 aromatic rings. The van der Waals surface area contributed by atoms with Crippen molar-refractivity contribution in [2.45, 2.75) is 12.1 Å². The summed E-state index contributed by atoms with van der Waals surface area (Å²) in [6.45, 7) is 1.89. The largest absolute Gasteiger partial charge is 0.477 e. The van der Waals surface area contributed by atoms with Crippen molar-refractivity contribution in [2.75, 3.05) is 5.75 Å². The van der Waals surface area contributed by atoms with E-state index >= 15 is 0 Å². The molecule has 0 aromatic carbocycles. The van der Waals surface area contributed by atoms with E-state index in [2.05, 4.69) is 9.97 Å². The van der Waals surface area contributed by atoms with Crippen LogP contribution in [0.1, 0.15) is 17.4 Å². The van der Waals surface area contributed by atoms with Crippen molar-refractivity contribution in [3.8, 4) is 0 Å². The molecular weight excluding hydrogens is 192 g/mol. The molecule has 0 atom stereocenters. The zero-order valence-corrected chi connectivity index (χ0v) is 7.72. The summed E-state index contributed by atoms with van der Waals surface area (Å²) in [5.41, 5.74) is -0.664. The van der Waals surface area contributed by atoms with Gasteiger partial charge in [-0.1, -0.05) is 18.7 Å². The number of nitrogens with zero attached hydrogens (tertiary/aromatic N) is 1. The third-order valence-corrected chi connectivity index (χ3v) is 1.98. The lowest BCUT2D eigenvalue weighted by Crippen LogP contribution is -2.13. The second-order valence-corrected chi connectivity index (χ2v) is 3.43. The first-order chi connectivity index (χ1) is 6.13. The van der Waals surface area contributed by atoms with Crippen LogP contribution in [0.3, 0.4) is 0 Å². The van der Waals surface area contributed by atoms with Crippen LogP contribution in [0, 0.1) is 0 Å². The maximum atomic E-state index is 10.9. The summed E-state index contributed by atoms with van der Waals surface area (Å²) in [5, 5.41) is 8.92. The quantitative estimate of drug-likeness (QED) is 0.551. The first kappa shape index (κ1) is 9.79. The molecule has 13 heavy (non-hydrogen) atoms. The van der Waals surface area contributed by atoms with E-state index in [1.54, 1.807) is 0 Å². The number of carbonyl (C=O) groups is 1. The van der Waals surface area contributed by atoms with Crippen LogP contribution in [-0.2, 0) is 0 Å². The van der Waals surface area contributed by atoms with Crippen molar-refractivity contribution < 1.29 is 9.90 Å². The van der Waals surface area contributed by atoms with Crippen molar-refractivity contribution in [2.24, 2.45) is 0 Å². The number of aromatic amines is 1. The molecule has 0 bridgehead atoms.